The van der Waals surface area contributed by atoms with Gasteiger partial charge in [-0.15, -0.1) is 4.99 Å². The van der Waals surface area contributed by atoms with Gasteiger partial charge in [-0.1, -0.05) is 12.1 Å². The van der Waals surface area contributed by atoms with E-state index in [-0.39, 0.29) is 17.2 Å². The van der Waals surface area contributed by atoms with Gasteiger partial charge < -0.3 is 30.0 Å². The van der Waals surface area contributed by atoms with Crippen LogP contribution in [-0.4, -0.2) is 52.1 Å². The number of aliphatic imine (C=N–C) groups is 1. The largest absolute Gasteiger partial charge is 0.479 e. The standard InChI is InChI=1S/C24H36N4O8/c1-22(2,3)34-19(31)26-16(17(29)30)14-11-10-12-15(13-14)25-18(27-20(32)35-23(4,5)6)28-21(33)36-24(7,8)9/h10-13,16H,1-9H3,(H,26,31)(H,29,30)(H2,25,27,28,32,33). The Morgan fingerprint density at radius 2 is 1.36 bits per heavy atom. The summed E-state index contributed by atoms with van der Waals surface area (Å²) in [7, 11) is 0. The summed E-state index contributed by atoms with van der Waals surface area (Å²) >= 11 is 0. The molecule has 1 atom stereocenters. The molecule has 1 rings (SSSR count). The smallest absolute Gasteiger partial charge is 0.437 e. The highest BCUT2D eigenvalue weighted by atomic mass is 16.6. The molecule has 12 nitrogen and oxygen atoms in total. The number of ether oxygens (including phenoxy) is 3. The van der Waals surface area contributed by atoms with Crippen molar-refractivity contribution in [1.29, 1.82) is 0 Å². The number of carboxylic acid groups (broad SMARTS) is 1. The quantitative estimate of drug-likeness (QED) is 0.259. The van der Waals surface area contributed by atoms with E-state index >= 15 is 0 Å². The lowest BCUT2D eigenvalue weighted by Gasteiger charge is -2.23. The van der Waals surface area contributed by atoms with Crippen LogP contribution in [0.15, 0.2) is 29.3 Å². The number of alkyl carbamates (subject to hydrolysis) is 2. The average Bonchev–Trinajstić information content (AvgIpc) is 2.61. The van der Waals surface area contributed by atoms with Gasteiger partial charge in [-0.25, -0.2) is 19.2 Å². The highest BCUT2D eigenvalue weighted by Gasteiger charge is 2.26. The minimum Gasteiger partial charge on any atom is -0.479 e. The fraction of sp³-hybridized carbons (Fsp3) is 0.542. The van der Waals surface area contributed by atoms with Gasteiger partial charge in [-0.05, 0) is 80.0 Å². The monoisotopic (exact) mass is 508 g/mol. The first-order valence-electron chi connectivity index (χ1n) is 11.1. The van der Waals surface area contributed by atoms with Crippen molar-refractivity contribution >= 4 is 35.9 Å². The summed E-state index contributed by atoms with van der Waals surface area (Å²) in [5.41, 5.74) is -2.03. The molecule has 200 valence electrons. The SMILES string of the molecule is CC(C)(C)OC(=O)/N=C(\NC(=O)OC(C)(C)C)Nc1cccc(C(NC(=O)OC(C)(C)C)C(=O)O)c1. The predicted molar refractivity (Wildman–Crippen MR) is 133 cm³/mol. The summed E-state index contributed by atoms with van der Waals surface area (Å²) in [6, 6.07) is 4.50. The minimum atomic E-state index is -1.44. The van der Waals surface area contributed by atoms with Crippen molar-refractivity contribution in [3.05, 3.63) is 29.8 Å². The lowest BCUT2D eigenvalue weighted by atomic mass is 10.1. The van der Waals surface area contributed by atoms with Gasteiger partial charge in [0.25, 0.3) is 0 Å². The van der Waals surface area contributed by atoms with Crippen molar-refractivity contribution in [1.82, 2.24) is 10.6 Å². The molecule has 3 amide bonds. The van der Waals surface area contributed by atoms with Crippen molar-refractivity contribution in [2.24, 2.45) is 4.99 Å². The fourth-order valence-electron chi connectivity index (χ4n) is 2.51. The van der Waals surface area contributed by atoms with E-state index in [0.717, 1.165) is 0 Å². The van der Waals surface area contributed by atoms with E-state index in [1.165, 1.54) is 24.3 Å². The first-order valence-corrected chi connectivity index (χ1v) is 11.1. The first kappa shape index (κ1) is 30.2. The Balaban J connectivity index is 3.22. The average molecular weight is 509 g/mol. The van der Waals surface area contributed by atoms with E-state index < -0.39 is 47.1 Å². The number of benzene rings is 1. The molecule has 1 aromatic carbocycles. The summed E-state index contributed by atoms with van der Waals surface area (Å²) < 4.78 is 15.5. The van der Waals surface area contributed by atoms with Gasteiger partial charge in [0.05, 0.1) is 0 Å². The van der Waals surface area contributed by atoms with Gasteiger partial charge in [0.2, 0.25) is 5.96 Å². The predicted octanol–water partition coefficient (Wildman–Crippen LogP) is 4.56. The van der Waals surface area contributed by atoms with Crippen LogP contribution in [0.25, 0.3) is 0 Å². The molecule has 0 heterocycles. The van der Waals surface area contributed by atoms with E-state index in [1.807, 2.05) is 0 Å². The van der Waals surface area contributed by atoms with Gasteiger partial charge >= 0.3 is 24.2 Å². The number of hydrogen-bond donors (Lipinski definition) is 4. The number of guanidine groups is 1. The zero-order valence-corrected chi connectivity index (χ0v) is 22.1. The van der Waals surface area contributed by atoms with Gasteiger partial charge in [0.1, 0.15) is 16.8 Å². The first-order chi connectivity index (χ1) is 16.2. The molecule has 0 saturated heterocycles. The second-order valence-corrected chi connectivity index (χ2v) is 10.7. The maximum atomic E-state index is 12.3. The third-order valence-electron chi connectivity index (χ3n) is 3.61. The second-order valence-electron chi connectivity index (χ2n) is 10.7. The fourth-order valence-corrected chi connectivity index (χ4v) is 2.51. The Labute approximate surface area is 210 Å². The molecule has 1 aromatic rings. The number of carbonyl (C=O) groups is 4. The van der Waals surface area contributed by atoms with Crippen LogP contribution in [0, 0.1) is 0 Å². The van der Waals surface area contributed by atoms with Crippen LogP contribution in [-0.2, 0) is 19.0 Å². The van der Waals surface area contributed by atoms with Crippen LogP contribution < -0.4 is 16.0 Å². The molecule has 0 aliphatic rings. The molecule has 12 heteroatoms. The Kier molecular flexibility index (Phi) is 9.84. The zero-order valence-electron chi connectivity index (χ0n) is 22.1. The number of hydrogen-bond acceptors (Lipinski definition) is 7. The summed E-state index contributed by atoms with van der Waals surface area (Å²) in [6.07, 6.45) is -2.78. The summed E-state index contributed by atoms with van der Waals surface area (Å²) in [5, 5.41) is 17.0. The van der Waals surface area contributed by atoms with Gasteiger partial charge in [0, 0.05) is 5.69 Å². The molecule has 1 unspecified atom stereocenters. The number of aliphatic carboxylic acids is 1. The van der Waals surface area contributed by atoms with Gasteiger partial charge in [-0.2, -0.15) is 0 Å². The van der Waals surface area contributed by atoms with E-state index in [1.54, 1.807) is 62.3 Å². The molecular weight excluding hydrogens is 472 g/mol. The molecule has 0 spiro atoms. The van der Waals surface area contributed by atoms with E-state index in [4.69, 9.17) is 14.2 Å². The second kappa shape index (κ2) is 11.7. The molecule has 0 bridgehead atoms. The molecule has 4 N–H and O–H groups in total. The van der Waals surface area contributed by atoms with Crippen molar-refractivity contribution < 1.29 is 38.5 Å². The van der Waals surface area contributed by atoms with Crippen LogP contribution in [0.3, 0.4) is 0 Å². The van der Waals surface area contributed by atoms with Crippen LogP contribution >= 0.6 is 0 Å². The topological polar surface area (TPSA) is 165 Å². The van der Waals surface area contributed by atoms with Crippen LogP contribution in [0.5, 0.6) is 0 Å². The van der Waals surface area contributed by atoms with Crippen molar-refractivity contribution in [2.45, 2.75) is 85.2 Å². The number of nitrogens with zero attached hydrogens (tertiary/aromatic N) is 1. The van der Waals surface area contributed by atoms with Gasteiger partial charge in [0.15, 0.2) is 6.04 Å². The normalized spacial score (nSPS) is 13.2. The lowest BCUT2D eigenvalue weighted by molar-refractivity contribution is -0.139. The zero-order chi connectivity index (χ0) is 27.9. The molecule has 0 fully saturated rings. The third-order valence-corrected chi connectivity index (χ3v) is 3.61. The summed E-state index contributed by atoms with van der Waals surface area (Å²) in [6.45, 7) is 14.9. The maximum absolute atomic E-state index is 12.3. The lowest BCUT2D eigenvalue weighted by Crippen LogP contribution is -2.40. The molecule has 36 heavy (non-hydrogen) atoms. The van der Waals surface area contributed by atoms with E-state index in [9.17, 15) is 24.3 Å². The molecule has 0 aliphatic carbocycles. The Morgan fingerprint density at radius 3 is 1.86 bits per heavy atom. The maximum Gasteiger partial charge on any atom is 0.437 e. The molecule has 0 radical (unpaired) electrons. The van der Waals surface area contributed by atoms with E-state index in [2.05, 4.69) is 20.9 Å². The molecule has 0 aromatic heterocycles. The highest BCUT2D eigenvalue weighted by molar-refractivity contribution is 6.06. The van der Waals surface area contributed by atoms with Crippen molar-refractivity contribution in [3.63, 3.8) is 0 Å². The van der Waals surface area contributed by atoms with E-state index in [0.29, 0.717) is 0 Å². The summed E-state index contributed by atoms with van der Waals surface area (Å²) in [5.74, 6) is -1.64. The number of rotatable bonds is 4. The Hall–Kier alpha value is -3.83. The Morgan fingerprint density at radius 1 is 0.833 bits per heavy atom. The van der Waals surface area contributed by atoms with Crippen LogP contribution in [0.1, 0.15) is 73.9 Å². The Bertz CT molecular complexity index is 1000. The number of anilines is 1. The number of amides is 3. The molecule has 0 saturated carbocycles. The molecular formula is C24H36N4O8. The van der Waals surface area contributed by atoms with Crippen molar-refractivity contribution in [2.75, 3.05) is 5.32 Å². The summed E-state index contributed by atoms with van der Waals surface area (Å²) in [4.78, 5) is 52.3. The van der Waals surface area contributed by atoms with Crippen molar-refractivity contribution in [3.8, 4) is 0 Å². The van der Waals surface area contributed by atoms with Crippen LogP contribution in [0.4, 0.5) is 20.1 Å². The number of carbonyl (C=O) groups excluding carboxylic acids is 3. The highest BCUT2D eigenvalue weighted by Crippen LogP contribution is 2.20. The van der Waals surface area contributed by atoms with Crippen LogP contribution in [0.2, 0.25) is 0 Å². The third kappa shape index (κ3) is 12.6. The number of nitrogens with one attached hydrogen (secondary N) is 3. The van der Waals surface area contributed by atoms with Gasteiger partial charge in [-0.3, -0.25) is 5.32 Å². The number of carboxylic acids is 1. The molecule has 0 aliphatic heterocycles. The minimum absolute atomic E-state index is 0.187.